The Morgan fingerprint density at radius 3 is 2.62 bits per heavy atom. The average molecular weight is 477 g/mol. The molecule has 5 rings (SSSR count). The molecule has 12 heteroatoms. The fourth-order valence-electron chi connectivity index (χ4n) is 5.38. The molecule has 0 bridgehead atoms. The van der Waals surface area contributed by atoms with Crippen LogP contribution in [0.2, 0.25) is 0 Å². The summed E-state index contributed by atoms with van der Waals surface area (Å²) in [5, 5.41) is 10.6. The maximum Gasteiger partial charge on any atom is 0.321 e. The average Bonchev–Trinajstić information content (AvgIpc) is 2.80. The number of fused-ring (bicyclic) bond motifs is 4. The van der Waals surface area contributed by atoms with Gasteiger partial charge in [-0.05, 0) is 19.9 Å². The highest BCUT2D eigenvalue weighted by Gasteiger charge is 2.63. The van der Waals surface area contributed by atoms with Crippen LogP contribution in [-0.2, 0) is 14.3 Å². The second-order valence-corrected chi connectivity index (χ2v) is 8.99. The van der Waals surface area contributed by atoms with Crippen LogP contribution in [0.25, 0.3) is 0 Å². The first kappa shape index (κ1) is 22.7. The van der Waals surface area contributed by atoms with Crippen molar-refractivity contribution in [3.05, 3.63) is 28.8 Å². The van der Waals surface area contributed by atoms with Gasteiger partial charge in [-0.2, -0.15) is 5.10 Å². The number of halogens is 2. The Balaban J connectivity index is 1.65. The van der Waals surface area contributed by atoms with Gasteiger partial charge in [0.25, 0.3) is 0 Å². The first-order valence-corrected chi connectivity index (χ1v) is 11.2. The van der Waals surface area contributed by atoms with Gasteiger partial charge in [-0.3, -0.25) is 19.9 Å². The molecule has 34 heavy (non-hydrogen) atoms. The van der Waals surface area contributed by atoms with Crippen LogP contribution in [-0.4, -0.2) is 86.6 Å². The summed E-state index contributed by atoms with van der Waals surface area (Å²) < 4.78 is 41.9. The van der Waals surface area contributed by atoms with E-state index in [0.29, 0.717) is 26.3 Å². The zero-order valence-electron chi connectivity index (χ0n) is 18.8. The van der Waals surface area contributed by atoms with Crippen LogP contribution in [0.15, 0.2) is 11.2 Å². The maximum absolute atomic E-state index is 15.5. The fourth-order valence-corrected chi connectivity index (χ4v) is 5.38. The van der Waals surface area contributed by atoms with Crippen molar-refractivity contribution < 1.29 is 32.6 Å². The van der Waals surface area contributed by atoms with Gasteiger partial charge < -0.3 is 19.7 Å². The zero-order valence-corrected chi connectivity index (χ0v) is 18.8. The van der Waals surface area contributed by atoms with E-state index in [2.05, 4.69) is 15.7 Å². The van der Waals surface area contributed by atoms with E-state index in [1.807, 2.05) is 0 Å². The van der Waals surface area contributed by atoms with E-state index in [9.17, 15) is 14.4 Å². The fraction of sp³-hybridized carbons (Fsp3) is 0.545. The molecule has 2 N–H and O–H groups in total. The summed E-state index contributed by atoms with van der Waals surface area (Å²) in [7, 11) is 0. The van der Waals surface area contributed by atoms with Gasteiger partial charge in [0.05, 0.1) is 56.5 Å². The van der Waals surface area contributed by atoms with Gasteiger partial charge in [-0.1, -0.05) is 0 Å². The lowest BCUT2D eigenvalue weighted by atomic mass is 9.66. The Labute approximate surface area is 194 Å². The summed E-state index contributed by atoms with van der Waals surface area (Å²) in [6.45, 7) is 5.23. The number of morpholine rings is 2. The van der Waals surface area contributed by atoms with Gasteiger partial charge >= 0.3 is 6.03 Å². The molecule has 4 aliphatic rings. The van der Waals surface area contributed by atoms with E-state index in [0.717, 1.165) is 0 Å². The van der Waals surface area contributed by atoms with Crippen LogP contribution >= 0.6 is 0 Å². The summed E-state index contributed by atoms with van der Waals surface area (Å²) >= 11 is 0. The smallest absolute Gasteiger partial charge is 0.321 e. The number of benzene rings is 1. The van der Waals surface area contributed by atoms with Crippen LogP contribution in [0.3, 0.4) is 0 Å². The predicted molar refractivity (Wildman–Crippen MR) is 116 cm³/mol. The van der Waals surface area contributed by atoms with E-state index in [1.54, 1.807) is 18.9 Å². The number of carbonyl (C=O) groups excluding carboxylic acids is 3. The number of anilines is 1. The monoisotopic (exact) mass is 477 g/mol. The molecule has 4 heterocycles. The molecular weight excluding hydrogens is 452 g/mol. The molecule has 4 aliphatic heterocycles. The standard InChI is InChI=1S/C22H25F2N5O5/c1-11-9-29-17-14(7-13(15(23)16(17)24)8-26-28-3-5-33-6-4-28)19(30)22(18(29)12(2)34-11)10-25-21(32)27-20(22)31/h7-8,11-12,18H,3-6,9-10H2,1-2H3,(H2,25,27,31,32)/t11-,12+,18-,22?/m1/s1. The van der Waals surface area contributed by atoms with E-state index < -0.39 is 46.9 Å². The Bertz CT molecular complexity index is 1090. The number of hydrazone groups is 1. The van der Waals surface area contributed by atoms with Crippen molar-refractivity contribution in [2.45, 2.75) is 32.1 Å². The highest BCUT2D eigenvalue weighted by molar-refractivity contribution is 6.22. The quantitative estimate of drug-likeness (QED) is 0.475. The molecule has 0 radical (unpaired) electrons. The van der Waals surface area contributed by atoms with Gasteiger partial charge in [-0.25, -0.2) is 13.6 Å². The summed E-state index contributed by atoms with van der Waals surface area (Å²) in [5.74, 6) is -3.81. The summed E-state index contributed by atoms with van der Waals surface area (Å²) in [6.07, 6.45) is 0.130. The van der Waals surface area contributed by atoms with Gasteiger partial charge in [0.2, 0.25) is 5.91 Å². The Kier molecular flexibility index (Phi) is 5.52. The lowest BCUT2D eigenvalue weighted by Gasteiger charge is -2.55. The van der Waals surface area contributed by atoms with Crippen LogP contribution in [0.1, 0.15) is 29.8 Å². The van der Waals surface area contributed by atoms with Crippen LogP contribution in [0.4, 0.5) is 19.3 Å². The minimum atomic E-state index is -1.76. The van der Waals surface area contributed by atoms with E-state index in [4.69, 9.17) is 9.47 Å². The molecule has 182 valence electrons. The molecular formula is C22H25F2N5O5. The van der Waals surface area contributed by atoms with E-state index >= 15 is 8.78 Å². The third kappa shape index (κ3) is 3.35. The number of nitrogens with zero attached hydrogens (tertiary/aromatic N) is 3. The molecule has 10 nitrogen and oxygen atoms in total. The third-order valence-electron chi connectivity index (χ3n) is 6.84. The molecule has 1 aromatic carbocycles. The number of carbonyl (C=O) groups is 3. The first-order valence-electron chi connectivity index (χ1n) is 11.2. The zero-order chi connectivity index (χ0) is 24.2. The van der Waals surface area contributed by atoms with Crippen LogP contribution in [0.5, 0.6) is 0 Å². The van der Waals surface area contributed by atoms with E-state index in [1.165, 1.54) is 17.2 Å². The van der Waals surface area contributed by atoms with Gasteiger partial charge in [-0.15, -0.1) is 0 Å². The number of hydrogen-bond donors (Lipinski definition) is 2. The summed E-state index contributed by atoms with van der Waals surface area (Å²) in [5.41, 5.74) is -2.30. The predicted octanol–water partition coefficient (Wildman–Crippen LogP) is 0.635. The van der Waals surface area contributed by atoms with Crippen molar-refractivity contribution in [3.8, 4) is 0 Å². The molecule has 4 atom stereocenters. The lowest BCUT2D eigenvalue weighted by Crippen LogP contribution is -2.75. The SMILES string of the molecule is C[C@@H]1CN2c3c(cc(C=NN4CCOCC4)c(F)c3F)C(=O)C3(CNC(=O)NC3=O)[C@H]2[C@H](C)O1. The minimum absolute atomic E-state index is 0.133. The maximum atomic E-state index is 15.5. The number of Topliss-reactive ketones (excluding diaryl/α,β-unsaturated/α-hetero) is 1. The molecule has 1 unspecified atom stereocenters. The van der Waals surface area contributed by atoms with Crippen LogP contribution < -0.4 is 15.5 Å². The Morgan fingerprint density at radius 1 is 1.18 bits per heavy atom. The van der Waals surface area contributed by atoms with Crippen LogP contribution in [0, 0.1) is 17.0 Å². The summed E-state index contributed by atoms with van der Waals surface area (Å²) in [4.78, 5) is 40.4. The molecule has 0 saturated carbocycles. The second kappa shape index (κ2) is 8.27. The van der Waals surface area contributed by atoms with Gasteiger partial charge in [0, 0.05) is 24.2 Å². The number of amides is 3. The normalized spacial score (nSPS) is 31.4. The van der Waals surface area contributed by atoms with Crippen molar-refractivity contribution in [2.75, 3.05) is 44.3 Å². The first-order chi connectivity index (χ1) is 16.2. The number of rotatable bonds is 2. The number of ketones is 1. The lowest BCUT2D eigenvalue weighted by molar-refractivity contribution is -0.134. The van der Waals surface area contributed by atoms with Crippen molar-refractivity contribution in [1.82, 2.24) is 15.6 Å². The molecule has 3 amide bonds. The number of ether oxygens (including phenoxy) is 2. The minimum Gasteiger partial charge on any atom is -0.378 e. The topological polar surface area (TPSA) is 113 Å². The molecule has 0 aromatic heterocycles. The number of hydrogen-bond acceptors (Lipinski definition) is 8. The summed E-state index contributed by atoms with van der Waals surface area (Å²) in [6, 6.07) is -0.430. The van der Waals surface area contributed by atoms with Gasteiger partial charge in [0.15, 0.2) is 22.8 Å². The molecule has 3 saturated heterocycles. The van der Waals surface area contributed by atoms with Crippen molar-refractivity contribution in [2.24, 2.45) is 10.5 Å². The molecule has 0 aliphatic carbocycles. The Morgan fingerprint density at radius 2 is 1.91 bits per heavy atom. The third-order valence-corrected chi connectivity index (χ3v) is 6.84. The van der Waals surface area contributed by atoms with Gasteiger partial charge in [0.1, 0.15) is 0 Å². The highest BCUT2D eigenvalue weighted by Crippen LogP contribution is 2.47. The number of nitrogens with one attached hydrogen (secondary N) is 2. The number of imide groups is 1. The van der Waals surface area contributed by atoms with Crippen molar-refractivity contribution in [3.63, 3.8) is 0 Å². The van der Waals surface area contributed by atoms with Crippen molar-refractivity contribution >= 4 is 29.6 Å². The largest absolute Gasteiger partial charge is 0.378 e. The van der Waals surface area contributed by atoms with E-state index in [-0.39, 0.29) is 36.0 Å². The molecule has 1 aromatic rings. The number of urea groups is 1. The Hall–Kier alpha value is -3.12. The molecule has 3 fully saturated rings. The van der Waals surface area contributed by atoms with Crippen molar-refractivity contribution in [1.29, 1.82) is 0 Å². The highest BCUT2D eigenvalue weighted by atomic mass is 19.2. The second-order valence-electron chi connectivity index (χ2n) is 8.99. The molecule has 1 spiro atoms.